The van der Waals surface area contributed by atoms with Crippen molar-refractivity contribution in [3.05, 3.63) is 41.4 Å². The van der Waals surface area contributed by atoms with Crippen LogP contribution in [0, 0.1) is 24.8 Å². The van der Waals surface area contributed by atoms with Crippen LogP contribution in [-0.4, -0.2) is 65.7 Å². The molecule has 2 aliphatic heterocycles. The molecular formula is C23H24N6O3. The number of likely N-dealkylation sites (tertiary alicyclic amines) is 2. The number of fused-ring (bicyclic) bond motifs is 1. The first kappa shape index (κ1) is 21.4. The third-order valence-electron chi connectivity index (χ3n) is 5.77. The number of furan rings is 1. The summed E-state index contributed by atoms with van der Waals surface area (Å²) in [7, 11) is 0. The summed E-state index contributed by atoms with van der Waals surface area (Å²) in [5, 5.41) is 13.4. The van der Waals surface area contributed by atoms with Crippen LogP contribution in [0.3, 0.4) is 0 Å². The van der Waals surface area contributed by atoms with Crippen molar-refractivity contribution in [1.29, 1.82) is 5.26 Å². The molecule has 0 bridgehead atoms. The van der Waals surface area contributed by atoms with Crippen molar-refractivity contribution < 1.29 is 14.0 Å². The van der Waals surface area contributed by atoms with Gasteiger partial charge in [-0.1, -0.05) is 0 Å². The maximum absolute atomic E-state index is 12.9. The number of nitrogens with zero attached hydrogens (tertiary/aromatic N) is 5. The van der Waals surface area contributed by atoms with Gasteiger partial charge in [-0.15, -0.1) is 0 Å². The zero-order valence-electron chi connectivity index (χ0n) is 17.9. The fourth-order valence-corrected chi connectivity index (χ4v) is 4.12. The topological polar surface area (TPSA) is 106 Å². The molecule has 2 atom stereocenters. The zero-order valence-corrected chi connectivity index (χ0v) is 17.9. The van der Waals surface area contributed by atoms with Gasteiger partial charge >= 0.3 is 6.04 Å². The molecule has 32 heavy (non-hydrogen) atoms. The van der Waals surface area contributed by atoms with Crippen molar-refractivity contribution in [3.8, 4) is 6.07 Å². The van der Waals surface area contributed by atoms with Gasteiger partial charge in [-0.25, -0.2) is 6.57 Å². The van der Waals surface area contributed by atoms with E-state index in [0.29, 0.717) is 18.7 Å². The first-order valence-electron chi connectivity index (χ1n) is 10.7. The van der Waals surface area contributed by atoms with Crippen molar-refractivity contribution in [2.75, 3.05) is 31.5 Å². The van der Waals surface area contributed by atoms with Crippen LogP contribution in [0.1, 0.15) is 25.0 Å². The predicted molar refractivity (Wildman–Crippen MR) is 119 cm³/mol. The lowest BCUT2D eigenvalue weighted by Crippen LogP contribution is -2.41. The molecular weight excluding hydrogens is 408 g/mol. The molecule has 4 rings (SSSR count). The van der Waals surface area contributed by atoms with E-state index in [4.69, 9.17) is 11.0 Å². The van der Waals surface area contributed by atoms with Gasteiger partial charge in [-0.05, 0) is 50.5 Å². The molecule has 2 fully saturated rings. The number of nitriles is 1. The smallest absolute Gasteiger partial charge is 0.363 e. The summed E-state index contributed by atoms with van der Waals surface area (Å²) in [6.45, 7) is 11.2. The van der Waals surface area contributed by atoms with Crippen molar-refractivity contribution in [2.24, 2.45) is 4.99 Å². The van der Waals surface area contributed by atoms with E-state index in [0.717, 1.165) is 42.7 Å². The van der Waals surface area contributed by atoms with Gasteiger partial charge in [0.15, 0.2) is 6.07 Å². The Morgan fingerprint density at radius 1 is 1.38 bits per heavy atom. The summed E-state index contributed by atoms with van der Waals surface area (Å²) in [5.41, 5.74) is 1.38. The maximum Gasteiger partial charge on any atom is 0.363 e. The molecule has 1 aromatic carbocycles. The van der Waals surface area contributed by atoms with Crippen LogP contribution < -0.4 is 5.32 Å². The second-order valence-corrected chi connectivity index (χ2v) is 8.06. The molecule has 0 spiro atoms. The Morgan fingerprint density at radius 3 is 2.88 bits per heavy atom. The highest BCUT2D eigenvalue weighted by molar-refractivity contribution is 6.04. The van der Waals surface area contributed by atoms with Gasteiger partial charge in [0.25, 0.3) is 0 Å². The van der Waals surface area contributed by atoms with E-state index in [-0.39, 0.29) is 24.2 Å². The van der Waals surface area contributed by atoms with Crippen LogP contribution in [0.5, 0.6) is 0 Å². The summed E-state index contributed by atoms with van der Waals surface area (Å²) in [5.74, 6) is 0.619. The van der Waals surface area contributed by atoms with Crippen molar-refractivity contribution >= 4 is 34.3 Å². The largest absolute Gasteiger partial charge is 0.461 e. The molecule has 164 valence electrons. The number of carbonyl (C=O) groups is 2. The molecule has 3 heterocycles. The van der Waals surface area contributed by atoms with Crippen LogP contribution >= 0.6 is 0 Å². The Hall–Kier alpha value is -3.85. The third kappa shape index (κ3) is 4.42. The second kappa shape index (κ2) is 9.11. The number of amidine groups is 1. The molecule has 1 unspecified atom stereocenters. The van der Waals surface area contributed by atoms with Crippen LogP contribution in [0.25, 0.3) is 15.8 Å². The molecule has 9 nitrogen and oxygen atoms in total. The van der Waals surface area contributed by atoms with E-state index in [1.54, 1.807) is 17.0 Å². The number of carbonyl (C=O) groups excluding carboxylic acids is 2. The Morgan fingerprint density at radius 2 is 2.16 bits per heavy atom. The number of anilines is 1. The average molecular weight is 432 g/mol. The standard InChI is InChI=1S/C23H24N6O3/c1-15-11-16-12-17(5-6-20(16)32-15)26-22(19(13-24)25-2)27-18-7-10-29(23(18)31)14-21(30)28-8-3-4-9-28/h5-6,11-12,18-19H,3-4,7-10,14H2,1H3,(H,26,27)/t18-,19?/m0/s1. The Kier molecular flexibility index (Phi) is 6.09. The highest BCUT2D eigenvalue weighted by Gasteiger charge is 2.35. The molecule has 2 aliphatic rings. The van der Waals surface area contributed by atoms with Crippen LogP contribution in [0.4, 0.5) is 5.69 Å². The van der Waals surface area contributed by atoms with E-state index in [1.165, 1.54) is 4.90 Å². The molecule has 2 amide bonds. The van der Waals surface area contributed by atoms with Gasteiger partial charge in [0.1, 0.15) is 17.4 Å². The Balaban J connectivity index is 1.51. The number of hydrogen-bond donors (Lipinski definition) is 1. The lowest BCUT2D eigenvalue weighted by Gasteiger charge is -2.20. The number of aliphatic imine (C=N–C) groups is 1. The van der Waals surface area contributed by atoms with Crippen LogP contribution in [0.2, 0.25) is 0 Å². The molecule has 1 aromatic heterocycles. The Bertz CT molecular complexity index is 1130. The summed E-state index contributed by atoms with van der Waals surface area (Å²) in [6.07, 6.45) is 2.43. The van der Waals surface area contributed by atoms with Gasteiger partial charge in [0.2, 0.25) is 17.6 Å². The maximum atomic E-state index is 12.9. The molecule has 2 saturated heterocycles. The summed E-state index contributed by atoms with van der Waals surface area (Å²) >= 11 is 0. The normalized spacial score (nSPS) is 19.8. The van der Waals surface area contributed by atoms with Crippen molar-refractivity contribution in [2.45, 2.75) is 38.3 Å². The molecule has 0 radical (unpaired) electrons. The molecule has 0 saturated carbocycles. The van der Waals surface area contributed by atoms with Crippen LogP contribution in [0.15, 0.2) is 33.7 Å². The molecule has 2 aromatic rings. The zero-order chi connectivity index (χ0) is 22.7. The van der Waals surface area contributed by atoms with Crippen molar-refractivity contribution in [1.82, 2.24) is 9.80 Å². The van der Waals surface area contributed by atoms with Gasteiger partial charge in [-0.3, -0.25) is 19.4 Å². The van der Waals surface area contributed by atoms with Crippen LogP contribution in [-0.2, 0) is 9.59 Å². The summed E-state index contributed by atoms with van der Waals surface area (Å²) in [6, 6.07) is 7.36. The Labute approximate surface area is 186 Å². The van der Waals surface area contributed by atoms with E-state index < -0.39 is 12.1 Å². The SMILES string of the molecule is [C-]#[N+]C(C#N)C(=N[C@H]1CCN(CC(=O)N2CCCC2)C1=O)Nc1ccc2oc(C)cc2c1. The van der Waals surface area contributed by atoms with Gasteiger partial charge in [0, 0.05) is 30.7 Å². The highest BCUT2D eigenvalue weighted by atomic mass is 16.3. The number of rotatable bonds is 5. The number of nitrogens with one attached hydrogen (secondary N) is 1. The molecule has 0 aliphatic carbocycles. The fourth-order valence-electron chi connectivity index (χ4n) is 4.12. The number of hydrogen-bond acceptors (Lipinski definition) is 5. The van der Waals surface area contributed by atoms with Crippen molar-refractivity contribution in [3.63, 3.8) is 0 Å². The predicted octanol–water partition coefficient (Wildman–Crippen LogP) is 2.59. The van der Waals surface area contributed by atoms with E-state index in [1.807, 2.05) is 25.1 Å². The first-order chi connectivity index (χ1) is 15.5. The summed E-state index contributed by atoms with van der Waals surface area (Å²) in [4.78, 5) is 36.4. The lowest BCUT2D eigenvalue weighted by atomic mass is 10.2. The molecule has 9 heteroatoms. The minimum Gasteiger partial charge on any atom is -0.461 e. The number of amides is 2. The van der Waals surface area contributed by atoms with Gasteiger partial charge in [0.05, 0.1) is 6.54 Å². The monoisotopic (exact) mass is 432 g/mol. The number of benzene rings is 1. The lowest BCUT2D eigenvalue weighted by molar-refractivity contribution is -0.138. The quantitative estimate of drug-likeness (QED) is 0.444. The highest BCUT2D eigenvalue weighted by Crippen LogP contribution is 2.23. The second-order valence-electron chi connectivity index (χ2n) is 8.06. The number of aryl methyl sites for hydroxylation is 1. The van der Waals surface area contributed by atoms with E-state index in [9.17, 15) is 14.9 Å². The fraction of sp³-hybridized carbons (Fsp3) is 0.435. The van der Waals surface area contributed by atoms with Gasteiger partial charge in [-0.2, -0.15) is 5.26 Å². The molecule has 1 N–H and O–H groups in total. The summed E-state index contributed by atoms with van der Waals surface area (Å²) < 4.78 is 5.58. The first-order valence-corrected chi connectivity index (χ1v) is 10.7. The third-order valence-corrected chi connectivity index (χ3v) is 5.77. The minimum absolute atomic E-state index is 0.0430. The van der Waals surface area contributed by atoms with E-state index >= 15 is 0 Å². The van der Waals surface area contributed by atoms with Gasteiger partial charge < -0.3 is 19.5 Å². The minimum atomic E-state index is -1.16. The van der Waals surface area contributed by atoms with E-state index in [2.05, 4.69) is 15.2 Å². The average Bonchev–Trinajstić information content (AvgIpc) is 3.50.